The molecule has 1 aliphatic heterocycles. The fourth-order valence-corrected chi connectivity index (χ4v) is 3.83. The van der Waals surface area contributed by atoms with E-state index in [1.807, 2.05) is 0 Å². The predicted octanol–water partition coefficient (Wildman–Crippen LogP) is 2.84. The fourth-order valence-electron chi connectivity index (χ4n) is 3.83. The highest BCUT2D eigenvalue weighted by Gasteiger charge is 2.37. The number of esters is 1. The third-order valence-corrected chi connectivity index (χ3v) is 5.58. The number of phenolic OH excluding ortho intramolecular Hbond substituents is 6. The van der Waals surface area contributed by atoms with Crippen LogP contribution in [0.4, 0.5) is 0 Å². The Kier molecular flexibility index (Phi) is 6.00. The molecule has 0 unspecified atom stereocenters. The van der Waals surface area contributed by atoms with Crippen molar-refractivity contribution < 1.29 is 54.4 Å². The zero-order valence-corrected chi connectivity index (χ0v) is 18.6. The van der Waals surface area contributed by atoms with Crippen molar-refractivity contribution in [2.75, 3.05) is 14.2 Å². The molecule has 35 heavy (non-hydrogen) atoms. The number of aromatic hydroxyl groups is 6. The first-order valence-electron chi connectivity index (χ1n) is 10.2. The number of hydrogen-bond acceptors (Lipinski definition) is 11. The van der Waals surface area contributed by atoms with Crippen LogP contribution in [-0.2, 0) is 11.2 Å². The van der Waals surface area contributed by atoms with E-state index in [0.717, 1.165) is 24.3 Å². The van der Waals surface area contributed by atoms with Crippen LogP contribution in [0.25, 0.3) is 0 Å². The molecule has 0 radical (unpaired) electrons. The summed E-state index contributed by atoms with van der Waals surface area (Å²) in [4.78, 5) is 12.9. The van der Waals surface area contributed by atoms with Gasteiger partial charge in [-0.15, -0.1) is 0 Å². The van der Waals surface area contributed by atoms with Crippen LogP contribution in [-0.4, -0.2) is 56.9 Å². The van der Waals surface area contributed by atoms with Gasteiger partial charge in [0.05, 0.1) is 19.8 Å². The molecule has 0 fully saturated rings. The zero-order valence-electron chi connectivity index (χ0n) is 18.6. The van der Waals surface area contributed by atoms with Gasteiger partial charge in [-0.05, 0) is 24.3 Å². The van der Waals surface area contributed by atoms with Crippen molar-refractivity contribution in [1.82, 2.24) is 0 Å². The summed E-state index contributed by atoms with van der Waals surface area (Å²) in [6.07, 6.45) is -2.06. The van der Waals surface area contributed by atoms with E-state index < -0.39 is 52.7 Å². The largest absolute Gasteiger partial charge is 0.504 e. The lowest BCUT2D eigenvalue weighted by Crippen LogP contribution is -2.35. The monoisotopic (exact) mass is 486 g/mol. The molecule has 0 bridgehead atoms. The summed E-state index contributed by atoms with van der Waals surface area (Å²) in [5.74, 6) is -3.98. The van der Waals surface area contributed by atoms with Gasteiger partial charge in [0.1, 0.15) is 23.4 Å². The molecule has 0 aliphatic carbocycles. The molecule has 11 nitrogen and oxygen atoms in total. The number of methoxy groups -OCH3 is 2. The molecule has 1 heterocycles. The van der Waals surface area contributed by atoms with Crippen LogP contribution in [0.5, 0.6) is 51.7 Å². The van der Waals surface area contributed by atoms with Crippen LogP contribution < -0.4 is 14.2 Å². The van der Waals surface area contributed by atoms with Gasteiger partial charge in [-0.1, -0.05) is 0 Å². The smallest absolute Gasteiger partial charge is 0.338 e. The third kappa shape index (κ3) is 4.31. The molecule has 0 spiro atoms. The van der Waals surface area contributed by atoms with Crippen LogP contribution in [0.15, 0.2) is 36.4 Å². The molecule has 3 aromatic rings. The highest BCUT2D eigenvalue weighted by molar-refractivity contribution is 5.91. The van der Waals surface area contributed by atoms with Crippen LogP contribution in [0.1, 0.15) is 27.6 Å². The molecule has 184 valence electrons. The van der Waals surface area contributed by atoms with E-state index >= 15 is 0 Å². The normalized spacial score (nSPS) is 16.6. The van der Waals surface area contributed by atoms with E-state index in [4.69, 9.17) is 18.9 Å². The average molecular weight is 486 g/mol. The lowest BCUT2D eigenvalue weighted by molar-refractivity contribution is -0.0189. The summed E-state index contributed by atoms with van der Waals surface area (Å²) < 4.78 is 22.4. The second-order valence-electron chi connectivity index (χ2n) is 7.76. The minimum absolute atomic E-state index is 0.0668. The molecule has 1 aliphatic rings. The van der Waals surface area contributed by atoms with Gasteiger partial charge in [0, 0.05) is 29.7 Å². The Morgan fingerprint density at radius 1 is 0.829 bits per heavy atom. The first kappa shape index (κ1) is 23.5. The summed E-state index contributed by atoms with van der Waals surface area (Å²) >= 11 is 0. The Bertz CT molecular complexity index is 1250. The number of rotatable bonds is 5. The topological polar surface area (TPSA) is 175 Å². The average Bonchev–Trinajstić information content (AvgIpc) is 2.84. The van der Waals surface area contributed by atoms with Crippen LogP contribution in [0.2, 0.25) is 0 Å². The second-order valence-corrected chi connectivity index (χ2v) is 7.76. The summed E-state index contributed by atoms with van der Waals surface area (Å²) in [6.45, 7) is 0. The molecule has 6 N–H and O–H groups in total. The van der Waals surface area contributed by atoms with Crippen LogP contribution in [0.3, 0.4) is 0 Å². The minimum Gasteiger partial charge on any atom is -0.504 e. The molecular formula is C24H22O11. The Morgan fingerprint density at radius 2 is 1.40 bits per heavy atom. The van der Waals surface area contributed by atoms with Gasteiger partial charge in [-0.2, -0.15) is 0 Å². The van der Waals surface area contributed by atoms with Gasteiger partial charge < -0.3 is 49.6 Å². The van der Waals surface area contributed by atoms with E-state index in [1.165, 1.54) is 14.2 Å². The summed E-state index contributed by atoms with van der Waals surface area (Å²) in [7, 11) is 2.91. The Morgan fingerprint density at radius 3 is 1.94 bits per heavy atom. The Balaban J connectivity index is 1.77. The first-order valence-corrected chi connectivity index (χ1v) is 10.2. The summed E-state index contributed by atoms with van der Waals surface area (Å²) in [6, 6.07) is 7.37. The third-order valence-electron chi connectivity index (χ3n) is 5.58. The van der Waals surface area contributed by atoms with Gasteiger partial charge >= 0.3 is 5.97 Å². The van der Waals surface area contributed by atoms with E-state index in [0.29, 0.717) is 22.8 Å². The minimum atomic E-state index is -1.07. The number of hydrogen-bond donors (Lipinski definition) is 6. The number of benzene rings is 3. The predicted molar refractivity (Wildman–Crippen MR) is 119 cm³/mol. The molecule has 0 saturated heterocycles. The number of carbonyl (C=O) groups excluding carboxylic acids is 1. The van der Waals surface area contributed by atoms with Gasteiger partial charge in [-0.25, -0.2) is 4.79 Å². The standard InChI is InChI=1S/C24H22O11/c1-32-12-7-18(33-2)13-9-20(35-24(31)11-5-16(27)22(30)17(28)6-11)23(34-19(13)8-12)10-3-14(25)21(29)15(26)4-10/h3-8,20,23,25-30H,9H2,1-2H3/t20-,23-/m1/s1. The molecule has 3 aromatic carbocycles. The maximum atomic E-state index is 12.9. The number of phenols is 6. The van der Waals surface area contributed by atoms with Crippen LogP contribution >= 0.6 is 0 Å². The van der Waals surface area contributed by atoms with Crippen LogP contribution in [0, 0.1) is 0 Å². The van der Waals surface area contributed by atoms with Crippen molar-refractivity contribution in [2.45, 2.75) is 18.6 Å². The maximum Gasteiger partial charge on any atom is 0.338 e. The zero-order chi connectivity index (χ0) is 25.4. The van der Waals surface area contributed by atoms with E-state index in [1.54, 1.807) is 12.1 Å². The number of ether oxygens (including phenoxy) is 4. The Hall–Kier alpha value is -4.67. The van der Waals surface area contributed by atoms with Crippen molar-refractivity contribution in [3.8, 4) is 51.7 Å². The summed E-state index contributed by atoms with van der Waals surface area (Å²) in [5, 5.41) is 58.8. The van der Waals surface area contributed by atoms with Crippen molar-refractivity contribution in [3.05, 3.63) is 53.1 Å². The fraction of sp³-hybridized carbons (Fsp3) is 0.208. The van der Waals surface area contributed by atoms with Crippen molar-refractivity contribution in [1.29, 1.82) is 0 Å². The van der Waals surface area contributed by atoms with Gasteiger partial charge in [-0.3, -0.25) is 0 Å². The molecule has 11 heteroatoms. The highest BCUT2D eigenvalue weighted by atomic mass is 16.6. The SMILES string of the molecule is COc1cc(OC)c2c(c1)O[C@H](c1cc(O)c(O)c(O)c1)[C@H](OC(=O)c1cc(O)c(O)c(O)c1)C2. The first-order chi connectivity index (χ1) is 16.6. The quantitative estimate of drug-likeness (QED) is 0.231. The van der Waals surface area contributed by atoms with Crippen molar-refractivity contribution in [3.63, 3.8) is 0 Å². The van der Waals surface area contributed by atoms with Gasteiger partial charge in [0.2, 0.25) is 0 Å². The van der Waals surface area contributed by atoms with E-state index in [-0.39, 0.29) is 17.5 Å². The molecule has 0 saturated carbocycles. The van der Waals surface area contributed by atoms with Crippen molar-refractivity contribution >= 4 is 5.97 Å². The molecule has 2 atom stereocenters. The van der Waals surface area contributed by atoms with E-state index in [2.05, 4.69) is 0 Å². The Labute approximate surface area is 198 Å². The molecule has 4 rings (SSSR count). The van der Waals surface area contributed by atoms with Gasteiger partial charge in [0.25, 0.3) is 0 Å². The highest BCUT2D eigenvalue weighted by Crippen LogP contribution is 2.46. The molecule has 0 aromatic heterocycles. The lowest BCUT2D eigenvalue weighted by atomic mass is 9.93. The number of carbonyl (C=O) groups is 1. The molecule has 0 amide bonds. The van der Waals surface area contributed by atoms with E-state index in [9.17, 15) is 35.4 Å². The lowest BCUT2D eigenvalue weighted by Gasteiger charge is -2.34. The van der Waals surface area contributed by atoms with Crippen molar-refractivity contribution in [2.24, 2.45) is 0 Å². The number of fused-ring (bicyclic) bond motifs is 1. The second kappa shape index (κ2) is 8.93. The summed E-state index contributed by atoms with van der Waals surface area (Å²) in [5.41, 5.74) is 0.478. The molecular weight excluding hydrogens is 464 g/mol. The van der Waals surface area contributed by atoms with Gasteiger partial charge in [0.15, 0.2) is 40.6 Å². The maximum absolute atomic E-state index is 12.9.